The van der Waals surface area contributed by atoms with Gasteiger partial charge in [0.25, 0.3) is 0 Å². The highest BCUT2D eigenvalue weighted by atomic mass is 16.5. The second kappa shape index (κ2) is 7.29. The van der Waals surface area contributed by atoms with Crippen molar-refractivity contribution in [3.63, 3.8) is 0 Å². The van der Waals surface area contributed by atoms with Crippen molar-refractivity contribution in [2.45, 2.75) is 20.3 Å². The normalized spacial score (nSPS) is 16.8. The zero-order chi connectivity index (χ0) is 14.4. The average molecular weight is 276 g/mol. The summed E-state index contributed by atoms with van der Waals surface area (Å²) in [5, 5.41) is 0. The Kier molecular flexibility index (Phi) is 5.41. The van der Waals surface area contributed by atoms with Crippen LogP contribution < -0.4 is 4.74 Å². The molecule has 0 saturated carbocycles. The van der Waals surface area contributed by atoms with Gasteiger partial charge in [-0.1, -0.05) is 18.2 Å². The Morgan fingerprint density at radius 3 is 2.75 bits per heavy atom. The lowest BCUT2D eigenvalue weighted by atomic mass is 10.2. The summed E-state index contributed by atoms with van der Waals surface area (Å²) in [5.74, 6) is 1.15. The SMILES string of the molecule is CC(=O)N1CCCN(CCOc2ccccc2C)CC1. The van der Waals surface area contributed by atoms with E-state index in [1.54, 1.807) is 6.92 Å². The summed E-state index contributed by atoms with van der Waals surface area (Å²) in [4.78, 5) is 15.7. The van der Waals surface area contributed by atoms with E-state index in [1.165, 1.54) is 5.56 Å². The number of amides is 1. The summed E-state index contributed by atoms with van der Waals surface area (Å²) < 4.78 is 5.83. The smallest absolute Gasteiger partial charge is 0.219 e. The number of hydrogen-bond donors (Lipinski definition) is 0. The predicted molar refractivity (Wildman–Crippen MR) is 80.0 cm³/mol. The highest BCUT2D eigenvalue weighted by Gasteiger charge is 2.16. The van der Waals surface area contributed by atoms with Gasteiger partial charge in [-0.15, -0.1) is 0 Å². The third kappa shape index (κ3) is 4.23. The lowest BCUT2D eigenvalue weighted by Crippen LogP contribution is -2.35. The molecular weight excluding hydrogens is 252 g/mol. The molecule has 1 aliphatic rings. The molecule has 0 unspecified atom stereocenters. The maximum absolute atomic E-state index is 11.4. The van der Waals surface area contributed by atoms with E-state index < -0.39 is 0 Å². The fourth-order valence-corrected chi connectivity index (χ4v) is 2.51. The summed E-state index contributed by atoms with van der Waals surface area (Å²) in [6, 6.07) is 8.09. The number of hydrogen-bond acceptors (Lipinski definition) is 3. The largest absolute Gasteiger partial charge is 0.492 e. The topological polar surface area (TPSA) is 32.8 Å². The maximum Gasteiger partial charge on any atom is 0.219 e. The van der Waals surface area contributed by atoms with Gasteiger partial charge >= 0.3 is 0 Å². The van der Waals surface area contributed by atoms with Crippen LogP contribution in [0.25, 0.3) is 0 Å². The van der Waals surface area contributed by atoms with E-state index in [-0.39, 0.29) is 5.91 Å². The van der Waals surface area contributed by atoms with E-state index in [0.717, 1.165) is 44.9 Å². The van der Waals surface area contributed by atoms with Crippen molar-refractivity contribution in [2.24, 2.45) is 0 Å². The second-order valence-corrected chi connectivity index (χ2v) is 5.32. The molecule has 1 aromatic rings. The third-order valence-corrected chi connectivity index (χ3v) is 3.79. The number of rotatable bonds is 4. The van der Waals surface area contributed by atoms with Gasteiger partial charge in [0.15, 0.2) is 0 Å². The summed E-state index contributed by atoms with van der Waals surface area (Å²) in [6.45, 7) is 9.02. The zero-order valence-electron chi connectivity index (χ0n) is 12.5. The fourth-order valence-electron chi connectivity index (χ4n) is 2.51. The first kappa shape index (κ1) is 14.9. The average Bonchev–Trinajstić information content (AvgIpc) is 2.67. The molecule has 1 fully saturated rings. The van der Waals surface area contributed by atoms with E-state index in [1.807, 2.05) is 23.1 Å². The number of benzene rings is 1. The van der Waals surface area contributed by atoms with Crippen LogP contribution >= 0.6 is 0 Å². The van der Waals surface area contributed by atoms with Crippen LogP contribution in [0.1, 0.15) is 18.9 Å². The molecule has 0 N–H and O–H groups in total. The number of carbonyl (C=O) groups is 1. The van der Waals surface area contributed by atoms with Crippen LogP contribution in [-0.2, 0) is 4.79 Å². The molecule has 0 bridgehead atoms. The molecule has 4 nitrogen and oxygen atoms in total. The molecule has 0 radical (unpaired) electrons. The fraction of sp³-hybridized carbons (Fsp3) is 0.562. The highest BCUT2D eigenvalue weighted by Crippen LogP contribution is 2.16. The van der Waals surface area contributed by atoms with Crippen molar-refractivity contribution in [1.82, 2.24) is 9.80 Å². The van der Waals surface area contributed by atoms with Crippen LogP contribution in [0.2, 0.25) is 0 Å². The Morgan fingerprint density at radius 1 is 1.20 bits per heavy atom. The van der Waals surface area contributed by atoms with Crippen molar-refractivity contribution in [3.8, 4) is 5.75 Å². The highest BCUT2D eigenvalue weighted by molar-refractivity contribution is 5.73. The number of nitrogens with zero attached hydrogens (tertiary/aromatic N) is 2. The molecule has 0 aliphatic carbocycles. The van der Waals surface area contributed by atoms with E-state index in [2.05, 4.69) is 17.9 Å². The molecule has 110 valence electrons. The van der Waals surface area contributed by atoms with Crippen molar-refractivity contribution in [1.29, 1.82) is 0 Å². The molecule has 1 amide bonds. The van der Waals surface area contributed by atoms with Gasteiger partial charge in [-0.2, -0.15) is 0 Å². The lowest BCUT2D eigenvalue weighted by molar-refractivity contribution is -0.128. The Hall–Kier alpha value is -1.55. The zero-order valence-corrected chi connectivity index (χ0v) is 12.5. The molecule has 0 aromatic heterocycles. The van der Waals surface area contributed by atoms with Crippen molar-refractivity contribution in [3.05, 3.63) is 29.8 Å². The lowest BCUT2D eigenvalue weighted by Gasteiger charge is -2.21. The molecule has 0 atom stereocenters. The molecule has 4 heteroatoms. The Balaban J connectivity index is 1.74. The van der Waals surface area contributed by atoms with Crippen molar-refractivity contribution >= 4 is 5.91 Å². The van der Waals surface area contributed by atoms with Gasteiger partial charge in [0.1, 0.15) is 12.4 Å². The van der Waals surface area contributed by atoms with E-state index in [9.17, 15) is 4.79 Å². The van der Waals surface area contributed by atoms with Gasteiger partial charge in [-0.05, 0) is 25.0 Å². The van der Waals surface area contributed by atoms with Crippen LogP contribution in [0, 0.1) is 6.92 Å². The minimum absolute atomic E-state index is 0.183. The van der Waals surface area contributed by atoms with E-state index >= 15 is 0 Å². The first-order chi connectivity index (χ1) is 9.66. The molecule has 20 heavy (non-hydrogen) atoms. The number of carbonyl (C=O) groups excluding carboxylic acids is 1. The molecule has 1 aromatic carbocycles. The monoisotopic (exact) mass is 276 g/mol. The van der Waals surface area contributed by atoms with E-state index in [4.69, 9.17) is 4.74 Å². The van der Waals surface area contributed by atoms with Gasteiger partial charge in [0.2, 0.25) is 5.91 Å². The van der Waals surface area contributed by atoms with Crippen molar-refractivity contribution in [2.75, 3.05) is 39.3 Å². The quantitative estimate of drug-likeness (QED) is 0.842. The Morgan fingerprint density at radius 2 is 2.00 bits per heavy atom. The summed E-state index contributed by atoms with van der Waals surface area (Å²) in [6.07, 6.45) is 1.05. The molecule has 2 rings (SSSR count). The van der Waals surface area contributed by atoms with Gasteiger partial charge < -0.3 is 9.64 Å². The number of aryl methyl sites for hydroxylation is 1. The standard InChI is InChI=1S/C16H24N2O2/c1-14-6-3-4-7-16(14)20-13-12-17-8-5-9-18(11-10-17)15(2)19/h3-4,6-7H,5,8-13H2,1-2H3. The summed E-state index contributed by atoms with van der Waals surface area (Å²) in [7, 11) is 0. The third-order valence-electron chi connectivity index (χ3n) is 3.79. The molecule has 1 heterocycles. The molecule has 0 spiro atoms. The van der Waals surface area contributed by atoms with Gasteiger partial charge in [-0.3, -0.25) is 9.69 Å². The summed E-state index contributed by atoms with van der Waals surface area (Å²) in [5.41, 5.74) is 1.17. The Bertz CT molecular complexity index is 448. The van der Waals surface area contributed by atoms with E-state index in [0.29, 0.717) is 6.61 Å². The second-order valence-electron chi connectivity index (χ2n) is 5.32. The minimum Gasteiger partial charge on any atom is -0.492 e. The van der Waals surface area contributed by atoms with Gasteiger partial charge in [-0.25, -0.2) is 0 Å². The Labute approximate surface area is 121 Å². The maximum atomic E-state index is 11.4. The van der Waals surface area contributed by atoms with Crippen LogP contribution in [0.4, 0.5) is 0 Å². The number of ether oxygens (including phenoxy) is 1. The predicted octanol–water partition coefficient (Wildman–Crippen LogP) is 1.93. The molecule has 1 saturated heterocycles. The first-order valence-corrected chi connectivity index (χ1v) is 7.33. The van der Waals surface area contributed by atoms with Crippen molar-refractivity contribution < 1.29 is 9.53 Å². The van der Waals surface area contributed by atoms with Crippen LogP contribution in [0.3, 0.4) is 0 Å². The van der Waals surface area contributed by atoms with Gasteiger partial charge in [0, 0.05) is 39.6 Å². The molecular formula is C16H24N2O2. The summed E-state index contributed by atoms with van der Waals surface area (Å²) >= 11 is 0. The van der Waals surface area contributed by atoms with Crippen LogP contribution in [0.15, 0.2) is 24.3 Å². The van der Waals surface area contributed by atoms with Gasteiger partial charge in [0.05, 0.1) is 0 Å². The minimum atomic E-state index is 0.183. The van der Waals surface area contributed by atoms with Crippen LogP contribution in [0.5, 0.6) is 5.75 Å². The molecule has 1 aliphatic heterocycles. The van der Waals surface area contributed by atoms with Crippen LogP contribution in [-0.4, -0.2) is 55.0 Å². The number of para-hydroxylation sites is 1. The first-order valence-electron chi connectivity index (χ1n) is 7.33.